The topological polar surface area (TPSA) is 84.5 Å². The second kappa shape index (κ2) is 7.14. The number of carbonyl (C=O) groups excluding carboxylic acids is 1. The minimum absolute atomic E-state index is 0.0177. The van der Waals surface area contributed by atoms with E-state index in [1.807, 2.05) is 19.1 Å². The fraction of sp³-hybridized carbons (Fsp3) is 0.263. The Hall–Kier alpha value is -3.20. The van der Waals surface area contributed by atoms with Gasteiger partial charge in [0.1, 0.15) is 35.0 Å². The van der Waals surface area contributed by atoms with E-state index >= 15 is 0 Å². The monoisotopic (exact) mass is 338 g/mol. The first-order chi connectivity index (χ1) is 12.1. The normalized spacial score (nSPS) is 15.9. The van der Waals surface area contributed by atoms with Crippen LogP contribution in [-0.4, -0.2) is 19.1 Å². The smallest absolute Gasteiger partial charge is 0.262 e. The number of furan rings is 1. The van der Waals surface area contributed by atoms with Gasteiger partial charge in [-0.15, -0.1) is 0 Å². The molecule has 1 aliphatic heterocycles. The molecule has 0 bridgehead atoms. The summed E-state index contributed by atoms with van der Waals surface area (Å²) in [6.07, 6.45) is 3.94. The van der Waals surface area contributed by atoms with E-state index in [4.69, 9.17) is 13.9 Å². The van der Waals surface area contributed by atoms with Crippen molar-refractivity contribution in [3.05, 3.63) is 53.0 Å². The molecule has 0 spiro atoms. The first kappa shape index (κ1) is 16.7. The molecule has 3 rings (SSSR count). The Morgan fingerprint density at radius 2 is 2.36 bits per heavy atom. The summed E-state index contributed by atoms with van der Waals surface area (Å²) in [4.78, 5) is 12.2. The third-order valence-corrected chi connectivity index (χ3v) is 3.92. The highest BCUT2D eigenvalue weighted by Crippen LogP contribution is 2.35. The molecule has 1 amide bonds. The molecule has 0 radical (unpaired) electrons. The van der Waals surface area contributed by atoms with Crippen LogP contribution in [0.5, 0.6) is 11.5 Å². The van der Waals surface area contributed by atoms with Crippen molar-refractivity contribution in [3.63, 3.8) is 0 Å². The first-order valence-electron chi connectivity index (χ1n) is 7.90. The number of nitriles is 1. The van der Waals surface area contributed by atoms with E-state index in [0.717, 1.165) is 17.7 Å². The van der Waals surface area contributed by atoms with Crippen LogP contribution in [0.25, 0.3) is 6.08 Å². The number of nitrogens with one attached hydrogen (secondary N) is 1. The molecule has 25 heavy (non-hydrogen) atoms. The van der Waals surface area contributed by atoms with E-state index in [0.29, 0.717) is 17.1 Å². The molecule has 1 aliphatic rings. The maximum Gasteiger partial charge on any atom is 0.262 e. The SMILES string of the molecule is COc1cc2c(cc1/C=C(\C#N)C(=O)NCc1ccco1)OC(C)C2. The minimum Gasteiger partial charge on any atom is -0.496 e. The van der Waals surface area contributed by atoms with Gasteiger partial charge in [-0.1, -0.05) is 0 Å². The fourth-order valence-corrected chi connectivity index (χ4v) is 2.72. The minimum atomic E-state index is -0.476. The highest BCUT2D eigenvalue weighted by molar-refractivity contribution is 6.02. The first-order valence-corrected chi connectivity index (χ1v) is 7.90. The molecule has 1 aromatic heterocycles. The van der Waals surface area contributed by atoms with Crippen molar-refractivity contribution in [2.24, 2.45) is 0 Å². The van der Waals surface area contributed by atoms with E-state index in [-0.39, 0.29) is 18.2 Å². The second-order valence-corrected chi connectivity index (χ2v) is 5.77. The Morgan fingerprint density at radius 3 is 3.04 bits per heavy atom. The molecule has 2 heterocycles. The summed E-state index contributed by atoms with van der Waals surface area (Å²) >= 11 is 0. The quantitative estimate of drug-likeness (QED) is 0.669. The van der Waals surface area contributed by atoms with E-state index in [9.17, 15) is 10.1 Å². The van der Waals surface area contributed by atoms with Crippen molar-refractivity contribution in [1.29, 1.82) is 5.26 Å². The largest absolute Gasteiger partial charge is 0.496 e. The predicted molar refractivity (Wildman–Crippen MR) is 90.9 cm³/mol. The van der Waals surface area contributed by atoms with Gasteiger partial charge in [0.05, 0.1) is 19.9 Å². The Bertz CT molecular complexity index is 847. The summed E-state index contributed by atoms with van der Waals surface area (Å²) in [5.41, 5.74) is 1.66. The van der Waals surface area contributed by atoms with Gasteiger partial charge in [0, 0.05) is 17.5 Å². The fourth-order valence-electron chi connectivity index (χ4n) is 2.72. The van der Waals surface area contributed by atoms with Crippen LogP contribution in [0.15, 0.2) is 40.5 Å². The zero-order valence-electron chi connectivity index (χ0n) is 14.0. The van der Waals surface area contributed by atoms with Gasteiger partial charge in [-0.05, 0) is 37.3 Å². The number of fused-ring (bicyclic) bond motifs is 1. The van der Waals surface area contributed by atoms with E-state index < -0.39 is 5.91 Å². The molecule has 0 saturated heterocycles. The van der Waals surface area contributed by atoms with Gasteiger partial charge in [-0.2, -0.15) is 5.26 Å². The van der Waals surface area contributed by atoms with E-state index in [2.05, 4.69) is 5.32 Å². The zero-order valence-corrected chi connectivity index (χ0v) is 14.0. The van der Waals surface area contributed by atoms with Gasteiger partial charge in [0.2, 0.25) is 0 Å². The Labute approximate surface area is 145 Å². The van der Waals surface area contributed by atoms with Crippen LogP contribution in [0.3, 0.4) is 0 Å². The molecule has 0 saturated carbocycles. The lowest BCUT2D eigenvalue weighted by Crippen LogP contribution is -2.23. The van der Waals surface area contributed by atoms with Crippen molar-refractivity contribution in [3.8, 4) is 17.6 Å². The van der Waals surface area contributed by atoms with Gasteiger partial charge >= 0.3 is 0 Å². The number of methoxy groups -OCH3 is 1. The lowest BCUT2D eigenvalue weighted by Gasteiger charge is -2.09. The second-order valence-electron chi connectivity index (χ2n) is 5.77. The Balaban J connectivity index is 1.83. The van der Waals surface area contributed by atoms with E-state index in [1.54, 1.807) is 25.3 Å². The Morgan fingerprint density at radius 1 is 1.52 bits per heavy atom. The van der Waals surface area contributed by atoms with Crippen LogP contribution >= 0.6 is 0 Å². The van der Waals surface area contributed by atoms with Crippen LogP contribution in [0.4, 0.5) is 0 Å². The maximum atomic E-state index is 12.2. The van der Waals surface area contributed by atoms with Crippen molar-refractivity contribution in [1.82, 2.24) is 5.32 Å². The van der Waals surface area contributed by atoms with Crippen LogP contribution in [0, 0.1) is 11.3 Å². The van der Waals surface area contributed by atoms with Crippen molar-refractivity contribution < 1.29 is 18.7 Å². The Kier molecular flexibility index (Phi) is 4.75. The molecule has 6 heteroatoms. The van der Waals surface area contributed by atoms with Gasteiger partial charge in [-0.3, -0.25) is 4.79 Å². The number of amides is 1. The number of rotatable bonds is 5. The van der Waals surface area contributed by atoms with Crippen LogP contribution in [-0.2, 0) is 17.8 Å². The van der Waals surface area contributed by atoms with Crippen molar-refractivity contribution in [2.45, 2.75) is 26.0 Å². The zero-order chi connectivity index (χ0) is 17.8. The summed E-state index contributed by atoms with van der Waals surface area (Å²) < 4.78 is 16.3. The molecular weight excluding hydrogens is 320 g/mol. The molecule has 0 fully saturated rings. The van der Waals surface area contributed by atoms with Gasteiger partial charge in [0.25, 0.3) is 5.91 Å². The summed E-state index contributed by atoms with van der Waals surface area (Å²) in [5.74, 6) is 1.50. The highest BCUT2D eigenvalue weighted by Gasteiger charge is 2.22. The average Bonchev–Trinajstić information content (AvgIpc) is 3.24. The summed E-state index contributed by atoms with van der Waals surface area (Å²) in [7, 11) is 1.56. The lowest BCUT2D eigenvalue weighted by atomic mass is 10.0. The lowest BCUT2D eigenvalue weighted by molar-refractivity contribution is -0.117. The number of carbonyl (C=O) groups is 1. The number of ether oxygens (including phenoxy) is 2. The van der Waals surface area contributed by atoms with E-state index in [1.165, 1.54) is 12.3 Å². The van der Waals surface area contributed by atoms with Crippen molar-refractivity contribution >= 4 is 12.0 Å². The van der Waals surface area contributed by atoms with Crippen LogP contribution < -0.4 is 14.8 Å². The molecular formula is C19H18N2O4. The summed E-state index contributed by atoms with van der Waals surface area (Å²) in [6.45, 7) is 2.21. The molecule has 128 valence electrons. The van der Waals surface area contributed by atoms with Gasteiger partial charge in [0.15, 0.2) is 0 Å². The standard InChI is InChI=1S/C19H18N2O4/c1-12-6-13-8-17(23-2)14(9-18(13)25-12)7-15(10-20)19(22)21-11-16-4-3-5-24-16/h3-5,7-9,12H,6,11H2,1-2H3,(H,21,22)/b15-7+. The molecule has 1 N–H and O–H groups in total. The summed E-state index contributed by atoms with van der Waals surface area (Å²) in [5, 5.41) is 12.0. The van der Waals surface area contributed by atoms with Crippen LogP contribution in [0.2, 0.25) is 0 Å². The van der Waals surface area contributed by atoms with Gasteiger partial charge < -0.3 is 19.2 Å². The average molecular weight is 338 g/mol. The predicted octanol–water partition coefficient (Wildman–Crippen LogP) is 2.83. The number of hydrogen-bond donors (Lipinski definition) is 1. The molecule has 1 atom stereocenters. The van der Waals surface area contributed by atoms with Crippen LogP contribution in [0.1, 0.15) is 23.8 Å². The third kappa shape index (κ3) is 3.66. The molecule has 6 nitrogen and oxygen atoms in total. The van der Waals surface area contributed by atoms with Gasteiger partial charge in [-0.25, -0.2) is 0 Å². The number of benzene rings is 1. The highest BCUT2D eigenvalue weighted by atomic mass is 16.5. The molecule has 1 unspecified atom stereocenters. The van der Waals surface area contributed by atoms with Crippen molar-refractivity contribution in [2.75, 3.05) is 7.11 Å². The number of hydrogen-bond acceptors (Lipinski definition) is 5. The molecule has 2 aromatic rings. The molecule has 0 aliphatic carbocycles. The maximum absolute atomic E-state index is 12.2. The third-order valence-electron chi connectivity index (χ3n) is 3.92. The molecule has 1 aromatic carbocycles. The summed E-state index contributed by atoms with van der Waals surface area (Å²) in [6, 6.07) is 9.10. The number of nitrogens with zero attached hydrogens (tertiary/aromatic N) is 1.